The molecule has 1 heterocycles. The molecule has 1 aromatic carbocycles. The van der Waals surface area contributed by atoms with Crippen molar-refractivity contribution in [2.24, 2.45) is 0 Å². The third kappa shape index (κ3) is 5.52. The summed E-state index contributed by atoms with van der Waals surface area (Å²) in [4.78, 5) is 13.0. The van der Waals surface area contributed by atoms with Crippen LogP contribution in [0.4, 0.5) is 4.79 Å². The zero-order chi connectivity index (χ0) is 17.0. The second-order valence-corrected chi connectivity index (χ2v) is 7.97. The number of nitrogens with one attached hydrogen (secondary N) is 2. The summed E-state index contributed by atoms with van der Waals surface area (Å²) in [6, 6.07) is 11.0. The predicted molar refractivity (Wildman–Crippen MR) is 97.1 cm³/mol. The maximum absolute atomic E-state index is 11.7. The maximum Gasteiger partial charge on any atom is 0.407 e. The molecule has 2 N–H and O–H groups in total. The van der Waals surface area contributed by atoms with Gasteiger partial charge < -0.3 is 15.4 Å². The van der Waals surface area contributed by atoms with E-state index < -0.39 is 5.60 Å². The molecule has 0 aliphatic heterocycles. The van der Waals surface area contributed by atoms with Gasteiger partial charge in [0.2, 0.25) is 0 Å². The van der Waals surface area contributed by atoms with Gasteiger partial charge in [-0.2, -0.15) is 0 Å². The minimum atomic E-state index is -0.467. The normalized spacial score (nSPS) is 14.5. The number of rotatable bonds is 5. The molecule has 2 rings (SSSR count). The average Bonchev–Trinajstić information content (AvgIpc) is 2.87. The van der Waals surface area contributed by atoms with Crippen LogP contribution in [0.2, 0.25) is 0 Å². The number of ether oxygens (including phenoxy) is 1. The minimum Gasteiger partial charge on any atom is -0.444 e. The molecule has 0 radical (unpaired) electrons. The molecule has 126 valence electrons. The summed E-state index contributed by atoms with van der Waals surface area (Å²) in [6.07, 6.45) is -0.374. The van der Waals surface area contributed by atoms with E-state index in [2.05, 4.69) is 54.8 Å². The summed E-state index contributed by atoms with van der Waals surface area (Å²) in [5.41, 5.74) is -0.467. The standard InChI is InChI=1S/C18H26N2O2S/c1-12(11-19-17(21)22-18(3,4)5)20-13(2)16-10-14-8-6-7-9-15(14)23-16/h6-10,12-13,20H,11H2,1-5H3,(H,19,21). The van der Waals surface area contributed by atoms with Gasteiger partial charge in [-0.3, -0.25) is 0 Å². The highest BCUT2D eigenvalue weighted by atomic mass is 32.1. The number of fused-ring (bicyclic) bond motifs is 1. The van der Waals surface area contributed by atoms with Gasteiger partial charge in [-0.15, -0.1) is 11.3 Å². The van der Waals surface area contributed by atoms with E-state index in [0.717, 1.165) is 0 Å². The smallest absolute Gasteiger partial charge is 0.407 e. The molecule has 0 saturated heterocycles. The number of thiophene rings is 1. The van der Waals surface area contributed by atoms with Gasteiger partial charge >= 0.3 is 6.09 Å². The zero-order valence-electron chi connectivity index (χ0n) is 14.5. The number of carbonyl (C=O) groups is 1. The SMILES string of the molecule is CC(CNC(=O)OC(C)(C)C)NC(C)c1cc2ccccc2s1. The van der Waals surface area contributed by atoms with Crippen LogP contribution in [-0.2, 0) is 4.74 Å². The fourth-order valence-electron chi connectivity index (χ4n) is 2.33. The molecule has 0 spiro atoms. The van der Waals surface area contributed by atoms with E-state index in [1.165, 1.54) is 15.0 Å². The number of hydrogen-bond donors (Lipinski definition) is 2. The molecule has 0 aliphatic carbocycles. The lowest BCUT2D eigenvalue weighted by molar-refractivity contribution is 0.0522. The van der Waals surface area contributed by atoms with E-state index in [1.807, 2.05) is 20.8 Å². The Kier molecular flexibility index (Phi) is 5.65. The lowest BCUT2D eigenvalue weighted by atomic mass is 10.2. The first kappa shape index (κ1) is 17.8. The summed E-state index contributed by atoms with van der Waals surface area (Å²) >= 11 is 1.81. The highest BCUT2D eigenvalue weighted by Crippen LogP contribution is 2.29. The first-order valence-corrected chi connectivity index (χ1v) is 8.77. The Bertz CT molecular complexity index is 627. The molecule has 2 atom stereocenters. The van der Waals surface area contributed by atoms with Crippen LogP contribution in [0.15, 0.2) is 30.3 Å². The average molecular weight is 334 g/mol. The summed E-state index contributed by atoms with van der Waals surface area (Å²) in [5.74, 6) is 0. The third-order valence-corrected chi connectivity index (χ3v) is 4.66. The summed E-state index contributed by atoms with van der Waals surface area (Å²) in [5, 5.41) is 7.60. The topological polar surface area (TPSA) is 50.4 Å². The Morgan fingerprint density at radius 1 is 1.26 bits per heavy atom. The van der Waals surface area contributed by atoms with Crippen LogP contribution in [0.25, 0.3) is 10.1 Å². The van der Waals surface area contributed by atoms with Crippen molar-refractivity contribution in [1.29, 1.82) is 0 Å². The largest absolute Gasteiger partial charge is 0.444 e. The summed E-state index contributed by atoms with van der Waals surface area (Å²) in [7, 11) is 0. The lowest BCUT2D eigenvalue weighted by Crippen LogP contribution is -2.41. The van der Waals surface area contributed by atoms with Crippen molar-refractivity contribution in [3.63, 3.8) is 0 Å². The molecule has 0 fully saturated rings. The van der Waals surface area contributed by atoms with Crippen LogP contribution in [0.5, 0.6) is 0 Å². The molecule has 5 heteroatoms. The zero-order valence-corrected chi connectivity index (χ0v) is 15.3. The number of carbonyl (C=O) groups excluding carboxylic acids is 1. The van der Waals surface area contributed by atoms with Crippen LogP contribution >= 0.6 is 11.3 Å². The Balaban J connectivity index is 1.84. The van der Waals surface area contributed by atoms with Gasteiger partial charge in [-0.05, 0) is 52.1 Å². The van der Waals surface area contributed by atoms with Crippen molar-refractivity contribution >= 4 is 27.5 Å². The molecule has 23 heavy (non-hydrogen) atoms. The number of hydrogen-bond acceptors (Lipinski definition) is 4. The molecule has 0 saturated carbocycles. The van der Waals surface area contributed by atoms with Crippen LogP contribution in [0.3, 0.4) is 0 Å². The van der Waals surface area contributed by atoms with Crippen LogP contribution in [0.1, 0.15) is 45.5 Å². The quantitative estimate of drug-likeness (QED) is 0.848. The fraction of sp³-hybridized carbons (Fsp3) is 0.500. The molecule has 1 amide bonds. The Morgan fingerprint density at radius 2 is 1.96 bits per heavy atom. The highest BCUT2D eigenvalue weighted by molar-refractivity contribution is 7.19. The van der Waals surface area contributed by atoms with Crippen LogP contribution < -0.4 is 10.6 Å². The Hall–Kier alpha value is -1.59. The second-order valence-electron chi connectivity index (χ2n) is 6.86. The van der Waals surface area contributed by atoms with Crippen LogP contribution in [-0.4, -0.2) is 24.3 Å². The van der Waals surface area contributed by atoms with Gasteiger partial charge in [-0.25, -0.2) is 4.79 Å². The van der Waals surface area contributed by atoms with Crippen molar-refractivity contribution in [2.75, 3.05) is 6.54 Å². The van der Waals surface area contributed by atoms with E-state index in [1.54, 1.807) is 11.3 Å². The van der Waals surface area contributed by atoms with Gasteiger partial charge in [0, 0.05) is 28.2 Å². The summed E-state index contributed by atoms with van der Waals surface area (Å²) < 4.78 is 6.54. The van der Waals surface area contributed by atoms with Crippen molar-refractivity contribution in [3.05, 3.63) is 35.2 Å². The van der Waals surface area contributed by atoms with Gasteiger partial charge in [-0.1, -0.05) is 18.2 Å². The monoisotopic (exact) mass is 334 g/mol. The van der Waals surface area contributed by atoms with Gasteiger partial charge in [0.15, 0.2) is 0 Å². The molecule has 4 nitrogen and oxygen atoms in total. The number of benzene rings is 1. The van der Waals surface area contributed by atoms with Gasteiger partial charge in [0.25, 0.3) is 0 Å². The number of alkyl carbamates (subject to hydrolysis) is 1. The molecule has 0 aliphatic rings. The highest BCUT2D eigenvalue weighted by Gasteiger charge is 2.17. The van der Waals surface area contributed by atoms with E-state index in [0.29, 0.717) is 6.54 Å². The molecule has 2 unspecified atom stereocenters. The van der Waals surface area contributed by atoms with Gasteiger partial charge in [0.1, 0.15) is 5.60 Å². The lowest BCUT2D eigenvalue weighted by Gasteiger charge is -2.22. The van der Waals surface area contributed by atoms with E-state index in [4.69, 9.17) is 4.74 Å². The first-order valence-electron chi connectivity index (χ1n) is 7.96. The van der Waals surface area contributed by atoms with E-state index in [9.17, 15) is 4.79 Å². The van der Waals surface area contributed by atoms with Crippen molar-refractivity contribution in [3.8, 4) is 0 Å². The minimum absolute atomic E-state index is 0.155. The first-order chi connectivity index (χ1) is 10.7. The van der Waals surface area contributed by atoms with E-state index >= 15 is 0 Å². The third-order valence-electron chi connectivity index (χ3n) is 3.36. The molecule has 1 aromatic heterocycles. The second kappa shape index (κ2) is 7.32. The van der Waals surface area contributed by atoms with Crippen molar-refractivity contribution in [1.82, 2.24) is 10.6 Å². The maximum atomic E-state index is 11.7. The van der Waals surface area contributed by atoms with Crippen molar-refractivity contribution in [2.45, 2.75) is 52.3 Å². The predicted octanol–water partition coefficient (Wildman–Crippen LogP) is 4.47. The Labute approximate surface area is 142 Å². The molecular formula is C18H26N2O2S. The Morgan fingerprint density at radius 3 is 2.61 bits per heavy atom. The summed E-state index contributed by atoms with van der Waals surface area (Å²) in [6.45, 7) is 10.3. The molecule has 2 aromatic rings. The molecule has 0 bridgehead atoms. The van der Waals surface area contributed by atoms with Gasteiger partial charge in [0.05, 0.1) is 0 Å². The number of amides is 1. The van der Waals surface area contributed by atoms with Crippen molar-refractivity contribution < 1.29 is 9.53 Å². The van der Waals surface area contributed by atoms with E-state index in [-0.39, 0.29) is 18.2 Å². The molecular weight excluding hydrogens is 308 g/mol. The fourth-order valence-corrected chi connectivity index (χ4v) is 3.41. The van der Waals surface area contributed by atoms with Crippen LogP contribution in [0, 0.1) is 0 Å².